The zero-order valence-electron chi connectivity index (χ0n) is 23.1. The number of methoxy groups -OCH3 is 1. The molecule has 0 aliphatic carbocycles. The Bertz CT molecular complexity index is 1440. The Kier molecular flexibility index (Phi) is 8.11. The van der Waals surface area contributed by atoms with Gasteiger partial charge in [-0.1, -0.05) is 31.8 Å². The lowest BCUT2D eigenvalue weighted by atomic mass is 10.0. The second-order valence-electron chi connectivity index (χ2n) is 11.0. The largest absolute Gasteiger partial charge is 0.495 e. The number of pyridine rings is 2. The standard InChI is InChI=1S/C30H36N4O4Si/c1-36-28-18-22(8-9-27(28)33-11-13-37-14-12-33)23-17-24-25(29(35)26-7-5-6-10-31-26)20-34(30(24)32-19-23)21-38-15-16-39(2,3)4/h5-10,17-20H,11-16,21H2,1-4H3. The van der Waals surface area contributed by atoms with Crippen LogP contribution in [0.1, 0.15) is 16.1 Å². The fourth-order valence-electron chi connectivity index (χ4n) is 4.71. The summed E-state index contributed by atoms with van der Waals surface area (Å²) in [6, 6.07) is 14.7. The van der Waals surface area contributed by atoms with Crippen LogP contribution in [0.15, 0.2) is 61.1 Å². The molecule has 4 aromatic rings. The second-order valence-corrected chi connectivity index (χ2v) is 16.6. The maximum absolute atomic E-state index is 13.5. The average Bonchev–Trinajstić information content (AvgIpc) is 3.32. The summed E-state index contributed by atoms with van der Waals surface area (Å²) >= 11 is 0. The number of ketones is 1. The Morgan fingerprint density at radius 3 is 2.59 bits per heavy atom. The number of carbonyl (C=O) groups excluding carboxylic acids is 1. The molecule has 1 aliphatic rings. The number of fused-ring (bicyclic) bond motifs is 1. The summed E-state index contributed by atoms with van der Waals surface area (Å²) in [6.45, 7) is 11.1. The molecule has 1 aromatic carbocycles. The van der Waals surface area contributed by atoms with Gasteiger partial charge in [0.15, 0.2) is 0 Å². The molecule has 3 aromatic heterocycles. The van der Waals surface area contributed by atoms with Crippen LogP contribution in [0.5, 0.6) is 5.75 Å². The Hall–Kier alpha value is -3.53. The topological polar surface area (TPSA) is 78.7 Å². The number of benzene rings is 1. The predicted molar refractivity (Wildman–Crippen MR) is 157 cm³/mol. The molecule has 0 bridgehead atoms. The average molecular weight is 545 g/mol. The van der Waals surface area contributed by atoms with Crippen molar-refractivity contribution in [1.29, 1.82) is 0 Å². The number of rotatable bonds is 10. The van der Waals surface area contributed by atoms with Crippen LogP contribution in [-0.4, -0.2) is 68.4 Å². The van der Waals surface area contributed by atoms with Gasteiger partial charge < -0.3 is 23.7 Å². The highest BCUT2D eigenvalue weighted by molar-refractivity contribution is 6.76. The van der Waals surface area contributed by atoms with E-state index in [1.165, 1.54) is 0 Å². The van der Waals surface area contributed by atoms with Gasteiger partial charge in [0.25, 0.3) is 0 Å². The van der Waals surface area contributed by atoms with Gasteiger partial charge in [0.05, 0.1) is 31.6 Å². The van der Waals surface area contributed by atoms with Crippen molar-refractivity contribution in [3.8, 4) is 16.9 Å². The van der Waals surface area contributed by atoms with Crippen LogP contribution >= 0.6 is 0 Å². The van der Waals surface area contributed by atoms with E-state index in [1.54, 1.807) is 25.4 Å². The molecule has 1 fully saturated rings. The zero-order valence-corrected chi connectivity index (χ0v) is 24.1. The molecule has 0 radical (unpaired) electrons. The molecule has 0 N–H and O–H groups in total. The zero-order chi connectivity index (χ0) is 27.4. The summed E-state index contributed by atoms with van der Waals surface area (Å²) in [6.07, 6.45) is 5.33. The number of anilines is 1. The number of nitrogens with zero attached hydrogens (tertiary/aromatic N) is 4. The van der Waals surface area contributed by atoms with Crippen LogP contribution in [0.2, 0.25) is 25.7 Å². The number of hydrogen-bond acceptors (Lipinski definition) is 7. The third-order valence-corrected chi connectivity index (χ3v) is 8.65. The van der Waals surface area contributed by atoms with Crippen LogP contribution in [0.25, 0.3) is 22.2 Å². The first kappa shape index (κ1) is 27.0. The highest BCUT2D eigenvalue weighted by Crippen LogP contribution is 2.35. The third kappa shape index (κ3) is 6.21. The van der Waals surface area contributed by atoms with Crippen molar-refractivity contribution in [2.45, 2.75) is 32.4 Å². The molecule has 0 unspecified atom stereocenters. The predicted octanol–water partition coefficient (Wildman–Crippen LogP) is 5.49. The summed E-state index contributed by atoms with van der Waals surface area (Å²) in [7, 11) is 0.485. The van der Waals surface area contributed by atoms with Gasteiger partial charge in [0.1, 0.15) is 23.8 Å². The van der Waals surface area contributed by atoms with E-state index in [-0.39, 0.29) is 5.78 Å². The number of aromatic nitrogens is 3. The van der Waals surface area contributed by atoms with E-state index in [0.29, 0.717) is 43.5 Å². The maximum atomic E-state index is 13.5. The van der Waals surface area contributed by atoms with E-state index in [9.17, 15) is 4.79 Å². The number of ether oxygens (including phenoxy) is 3. The first-order chi connectivity index (χ1) is 18.8. The molecule has 204 valence electrons. The third-order valence-electron chi connectivity index (χ3n) is 6.95. The number of morpholine rings is 1. The molecule has 8 nitrogen and oxygen atoms in total. The highest BCUT2D eigenvalue weighted by Gasteiger charge is 2.21. The van der Waals surface area contributed by atoms with Gasteiger partial charge >= 0.3 is 0 Å². The minimum absolute atomic E-state index is 0.138. The number of carbonyl (C=O) groups is 1. The van der Waals surface area contributed by atoms with Crippen molar-refractivity contribution in [2.24, 2.45) is 0 Å². The lowest BCUT2D eigenvalue weighted by Crippen LogP contribution is -2.36. The molecule has 0 spiro atoms. The molecular weight excluding hydrogens is 508 g/mol. The van der Waals surface area contributed by atoms with Gasteiger partial charge in [0, 0.05) is 57.3 Å². The molecule has 39 heavy (non-hydrogen) atoms. The molecule has 9 heteroatoms. The molecule has 5 rings (SSSR count). The van der Waals surface area contributed by atoms with Gasteiger partial charge in [-0.2, -0.15) is 0 Å². The summed E-state index contributed by atoms with van der Waals surface area (Å²) in [5, 5.41) is 0.771. The quantitative estimate of drug-likeness (QED) is 0.148. The van der Waals surface area contributed by atoms with Crippen molar-refractivity contribution >= 4 is 30.6 Å². The van der Waals surface area contributed by atoms with E-state index in [1.807, 2.05) is 35.2 Å². The van der Waals surface area contributed by atoms with Gasteiger partial charge in [-0.05, 0) is 41.9 Å². The molecular formula is C30H36N4O4Si. The lowest BCUT2D eigenvalue weighted by molar-refractivity contribution is 0.0896. The van der Waals surface area contributed by atoms with E-state index >= 15 is 0 Å². The maximum Gasteiger partial charge on any atom is 0.213 e. The Morgan fingerprint density at radius 2 is 1.87 bits per heavy atom. The minimum atomic E-state index is -1.21. The van der Waals surface area contributed by atoms with E-state index in [4.69, 9.17) is 19.2 Å². The minimum Gasteiger partial charge on any atom is -0.495 e. The normalized spacial score (nSPS) is 14.1. The van der Waals surface area contributed by atoms with Crippen molar-refractivity contribution in [1.82, 2.24) is 14.5 Å². The van der Waals surface area contributed by atoms with Gasteiger partial charge in [0.2, 0.25) is 5.78 Å². The fourth-order valence-corrected chi connectivity index (χ4v) is 5.46. The first-order valence-corrected chi connectivity index (χ1v) is 17.1. The van der Waals surface area contributed by atoms with Crippen LogP contribution in [0.3, 0.4) is 0 Å². The Labute approximate surface area is 230 Å². The van der Waals surface area contributed by atoms with Gasteiger partial charge in [-0.25, -0.2) is 4.98 Å². The fraction of sp³-hybridized carbons (Fsp3) is 0.367. The summed E-state index contributed by atoms with van der Waals surface area (Å²) < 4.78 is 19.2. The second kappa shape index (κ2) is 11.7. The smallest absolute Gasteiger partial charge is 0.213 e. The summed E-state index contributed by atoms with van der Waals surface area (Å²) in [4.78, 5) is 24.9. The molecule has 0 saturated carbocycles. The molecule has 0 atom stereocenters. The lowest BCUT2D eigenvalue weighted by Gasteiger charge is -2.30. The SMILES string of the molecule is COc1cc(-c2cnc3c(c2)c(C(=O)c2ccccn2)cn3COCC[Si](C)(C)C)ccc1N1CCOCC1. The van der Waals surface area contributed by atoms with Gasteiger partial charge in [-0.15, -0.1) is 0 Å². The van der Waals surface area contributed by atoms with Crippen LogP contribution in [0.4, 0.5) is 5.69 Å². The van der Waals surface area contributed by atoms with Crippen molar-refractivity contribution in [3.63, 3.8) is 0 Å². The highest BCUT2D eigenvalue weighted by atomic mass is 28.3. The van der Waals surface area contributed by atoms with Crippen molar-refractivity contribution < 1.29 is 19.0 Å². The Morgan fingerprint density at radius 1 is 1.05 bits per heavy atom. The number of hydrogen-bond donors (Lipinski definition) is 0. The van der Waals surface area contributed by atoms with Crippen LogP contribution in [-0.2, 0) is 16.2 Å². The summed E-state index contributed by atoms with van der Waals surface area (Å²) in [5.74, 6) is 0.660. The monoisotopic (exact) mass is 544 g/mol. The van der Waals surface area contributed by atoms with Crippen LogP contribution < -0.4 is 9.64 Å². The van der Waals surface area contributed by atoms with Crippen molar-refractivity contribution in [2.75, 3.05) is 44.9 Å². The van der Waals surface area contributed by atoms with Crippen molar-refractivity contribution in [3.05, 3.63) is 72.3 Å². The van der Waals surface area contributed by atoms with E-state index < -0.39 is 8.07 Å². The molecule has 0 amide bonds. The summed E-state index contributed by atoms with van der Waals surface area (Å²) in [5.41, 5.74) is 4.59. The Balaban J connectivity index is 1.50. The van der Waals surface area contributed by atoms with E-state index in [0.717, 1.165) is 47.1 Å². The molecule has 1 saturated heterocycles. The first-order valence-electron chi connectivity index (χ1n) is 13.4. The molecule has 4 heterocycles. The van der Waals surface area contributed by atoms with E-state index in [2.05, 4.69) is 41.7 Å². The molecule has 1 aliphatic heterocycles. The van der Waals surface area contributed by atoms with Crippen LogP contribution in [0, 0.1) is 0 Å². The van der Waals surface area contributed by atoms with Gasteiger partial charge in [-0.3, -0.25) is 9.78 Å².